The SMILES string of the molecule is C#CC(CCNC(=O)c1ccc(CN(C)CCC2CCCCC2)cc1-c1ccccc1C)CC(=O)O. The number of carbonyl (C=O) groups excluding carboxylic acids is 1. The highest BCUT2D eigenvalue weighted by Crippen LogP contribution is 2.29. The number of nitrogens with zero attached hydrogens (tertiary/aromatic N) is 1. The predicted molar refractivity (Wildman–Crippen MR) is 146 cm³/mol. The van der Waals surface area contributed by atoms with Crippen LogP contribution in [-0.2, 0) is 11.3 Å². The summed E-state index contributed by atoms with van der Waals surface area (Å²) in [5.74, 6) is 1.88. The van der Waals surface area contributed by atoms with E-state index in [0.29, 0.717) is 18.5 Å². The van der Waals surface area contributed by atoms with Crippen LogP contribution < -0.4 is 5.32 Å². The molecule has 0 aliphatic heterocycles. The molecule has 0 spiro atoms. The smallest absolute Gasteiger partial charge is 0.304 e. The first-order valence-electron chi connectivity index (χ1n) is 13.2. The van der Waals surface area contributed by atoms with Gasteiger partial charge in [0.25, 0.3) is 5.91 Å². The summed E-state index contributed by atoms with van der Waals surface area (Å²) in [4.78, 5) is 26.5. The maximum Gasteiger partial charge on any atom is 0.304 e. The summed E-state index contributed by atoms with van der Waals surface area (Å²) in [5, 5.41) is 11.9. The number of carboxylic acids is 1. The van der Waals surface area contributed by atoms with Gasteiger partial charge in [0.2, 0.25) is 0 Å². The maximum absolute atomic E-state index is 13.2. The van der Waals surface area contributed by atoms with Crippen LogP contribution in [0.3, 0.4) is 0 Å². The van der Waals surface area contributed by atoms with Crippen LogP contribution in [0, 0.1) is 31.1 Å². The summed E-state index contributed by atoms with van der Waals surface area (Å²) in [7, 11) is 2.18. The number of aliphatic carboxylic acids is 1. The number of terminal acetylenes is 1. The molecule has 2 aromatic carbocycles. The summed E-state index contributed by atoms with van der Waals surface area (Å²) in [6, 6.07) is 14.2. The van der Waals surface area contributed by atoms with Crippen molar-refractivity contribution in [3.05, 3.63) is 59.2 Å². The maximum atomic E-state index is 13.2. The summed E-state index contributed by atoms with van der Waals surface area (Å²) in [6.45, 7) is 4.31. The first-order valence-corrected chi connectivity index (χ1v) is 13.2. The van der Waals surface area contributed by atoms with Crippen molar-refractivity contribution in [1.82, 2.24) is 10.2 Å². The van der Waals surface area contributed by atoms with Crippen LogP contribution in [0.1, 0.15) is 72.9 Å². The number of amides is 1. The van der Waals surface area contributed by atoms with Gasteiger partial charge in [0.1, 0.15) is 0 Å². The molecule has 0 radical (unpaired) electrons. The Labute approximate surface area is 216 Å². The van der Waals surface area contributed by atoms with Gasteiger partial charge >= 0.3 is 5.97 Å². The zero-order valence-electron chi connectivity index (χ0n) is 21.8. The van der Waals surface area contributed by atoms with Gasteiger partial charge < -0.3 is 15.3 Å². The average Bonchev–Trinajstić information content (AvgIpc) is 2.87. The van der Waals surface area contributed by atoms with Crippen LogP contribution >= 0.6 is 0 Å². The number of nitrogens with one attached hydrogen (secondary N) is 1. The Morgan fingerprint density at radius 1 is 1.14 bits per heavy atom. The molecule has 2 aromatic rings. The third-order valence-corrected chi connectivity index (χ3v) is 7.30. The standard InChI is InChI=1S/C31H40N2O3/c1-4-24(21-30(34)35)16-18-32-31(36)28-15-14-26(20-29(28)27-13-9-8-10-23(27)2)22-33(3)19-17-25-11-6-5-7-12-25/h1,8-10,13-15,20,24-25H,5-7,11-12,16-19,21-22H2,2-3H3,(H,32,36)(H,34,35). The Morgan fingerprint density at radius 2 is 1.89 bits per heavy atom. The monoisotopic (exact) mass is 488 g/mol. The van der Waals surface area contributed by atoms with Crippen LogP contribution in [0.5, 0.6) is 0 Å². The second kappa shape index (κ2) is 13.8. The highest BCUT2D eigenvalue weighted by molar-refractivity contribution is 6.01. The van der Waals surface area contributed by atoms with Gasteiger partial charge in [-0.05, 0) is 73.7 Å². The molecule has 192 valence electrons. The first-order chi connectivity index (χ1) is 17.4. The van der Waals surface area contributed by atoms with Gasteiger partial charge in [0, 0.05) is 24.6 Å². The number of aryl methyl sites for hydroxylation is 1. The van der Waals surface area contributed by atoms with Crippen LogP contribution in [0.25, 0.3) is 11.1 Å². The summed E-state index contributed by atoms with van der Waals surface area (Å²) in [6.07, 6.45) is 13.9. The Balaban J connectivity index is 1.71. The quantitative estimate of drug-likeness (QED) is 0.365. The summed E-state index contributed by atoms with van der Waals surface area (Å²) >= 11 is 0. The molecular formula is C31H40N2O3. The molecule has 3 rings (SSSR count). The molecule has 0 bridgehead atoms. The van der Waals surface area contributed by atoms with Crippen LogP contribution in [0.2, 0.25) is 0 Å². The normalized spacial score (nSPS) is 14.8. The van der Waals surface area contributed by atoms with Gasteiger partial charge in [-0.2, -0.15) is 0 Å². The fourth-order valence-electron chi connectivity index (χ4n) is 5.17. The highest BCUT2D eigenvalue weighted by Gasteiger charge is 2.18. The molecule has 0 saturated heterocycles. The van der Waals surface area contributed by atoms with E-state index in [1.54, 1.807) is 0 Å². The minimum Gasteiger partial charge on any atom is -0.481 e. The van der Waals surface area contributed by atoms with Gasteiger partial charge in [-0.25, -0.2) is 0 Å². The fourth-order valence-corrected chi connectivity index (χ4v) is 5.17. The number of hydrogen-bond donors (Lipinski definition) is 2. The minimum absolute atomic E-state index is 0.0935. The van der Waals surface area contributed by atoms with Crippen LogP contribution in [0.4, 0.5) is 0 Å². The molecule has 5 heteroatoms. The minimum atomic E-state index is -0.926. The number of carboxylic acid groups (broad SMARTS) is 1. The van der Waals surface area contributed by atoms with E-state index >= 15 is 0 Å². The molecular weight excluding hydrogens is 448 g/mol. The molecule has 36 heavy (non-hydrogen) atoms. The average molecular weight is 489 g/mol. The topological polar surface area (TPSA) is 69.6 Å². The Morgan fingerprint density at radius 3 is 2.58 bits per heavy atom. The zero-order valence-corrected chi connectivity index (χ0v) is 21.8. The summed E-state index contributed by atoms with van der Waals surface area (Å²) < 4.78 is 0. The molecule has 1 amide bonds. The van der Waals surface area contributed by atoms with Crippen molar-refractivity contribution in [2.75, 3.05) is 20.1 Å². The van der Waals surface area contributed by atoms with Crippen molar-refractivity contribution < 1.29 is 14.7 Å². The fraction of sp³-hybridized carbons (Fsp3) is 0.484. The van der Waals surface area contributed by atoms with Gasteiger partial charge in [0.15, 0.2) is 0 Å². The summed E-state index contributed by atoms with van der Waals surface area (Å²) in [5.41, 5.74) is 4.88. The number of benzene rings is 2. The van der Waals surface area contributed by atoms with E-state index in [0.717, 1.165) is 35.7 Å². The van der Waals surface area contributed by atoms with E-state index < -0.39 is 11.9 Å². The molecule has 0 aromatic heterocycles. The van der Waals surface area contributed by atoms with E-state index in [1.807, 2.05) is 24.3 Å². The molecule has 1 aliphatic carbocycles. The van der Waals surface area contributed by atoms with E-state index in [-0.39, 0.29) is 12.3 Å². The molecule has 1 fully saturated rings. The highest BCUT2D eigenvalue weighted by atomic mass is 16.4. The lowest BCUT2D eigenvalue weighted by atomic mass is 9.87. The van der Waals surface area contributed by atoms with E-state index in [1.165, 1.54) is 44.1 Å². The van der Waals surface area contributed by atoms with Crippen molar-refractivity contribution in [2.24, 2.45) is 11.8 Å². The lowest BCUT2D eigenvalue weighted by molar-refractivity contribution is -0.137. The predicted octanol–water partition coefficient (Wildman–Crippen LogP) is 5.91. The van der Waals surface area contributed by atoms with Crippen molar-refractivity contribution in [3.8, 4) is 23.5 Å². The molecule has 0 heterocycles. The molecule has 2 N–H and O–H groups in total. The van der Waals surface area contributed by atoms with Crippen LogP contribution in [0.15, 0.2) is 42.5 Å². The van der Waals surface area contributed by atoms with Gasteiger partial charge in [-0.3, -0.25) is 9.59 Å². The van der Waals surface area contributed by atoms with Crippen molar-refractivity contribution >= 4 is 11.9 Å². The Hall–Kier alpha value is -3.10. The molecule has 1 saturated carbocycles. The van der Waals surface area contributed by atoms with Gasteiger partial charge in [-0.1, -0.05) is 62.4 Å². The lowest BCUT2D eigenvalue weighted by Crippen LogP contribution is -2.27. The molecule has 1 unspecified atom stereocenters. The third kappa shape index (κ3) is 8.24. The van der Waals surface area contributed by atoms with E-state index in [9.17, 15) is 9.59 Å². The molecule has 1 aliphatic rings. The second-order valence-corrected chi connectivity index (χ2v) is 10.2. The third-order valence-electron chi connectivity index (χ3n) is 7.30. The molecule has 5 nitrogen and oxygen atoms in total. The lowest BCUT2D eigenvalue weighted by Gasteiger charge is -2.25. The van der Waals surface area contributed by atoms with Crippen molar-refractivity contribution in [3.63, 3.8) is 0 Å². The Kier molecular flexibility index (Phi) is 10.6. The Bertz CT molecular complexity index is 1070. The van der Waals surface area contributed by atoms with E-state index in [2.05, 4.69) is 48.3 Å². The van der Waals surface area contributed by atoms with Gasteiger partial charge in [-0.15, -0.1) is 12.3 Å². The zero-order chi connectivity index (χ0) is 25.9. The number of rotatable bonds is 12. The largest absolute Gasteiger partial charge is 0.481 e. The molecule has 1 atom stereocenters. The first kappa shape index (κ1) is 27.5. The van der Waals surface area contributed by atoms with Crippen molar-refractivity contribution in [1.29, 1.82) is 0 Å². The second-order valence-electron chi connectivity index (χ2n) is 10.2. The van der Waals surface area contributed by atoms with E-state index in [4.69, 9.17) is 11.5 Å². The number of hydrogen-bond acceptors (Lipinski definition) is 3. The van der Waals surface area contributed by atoms with Crippen LogP contribution in [-0.4, -0.2) is 42.0 Å². The van der Waals surface area contributed by atoms with Gasteiger partial charge in [0.05, 0.1) is 6.42 Å². The van der Waals surface area contributed by atoms with Crippen molar-refractivity contribution in [2.45, 2.75) is 64.8 Å². The number of carbonyl (C=O) groups is 2.